The topological polar surface area (TPSA) is 35.5 Å². The molecule has 0 aliphatic heterocycles. The van der Waals surface area contributed by atoms with Gasteiger partial charge in [0, 0.05) is 18.1 Å². The number of hydrogen-bond acceptors (Lipinski definition) is 3. The SMILES string of the molecule is COc1cc(F)cc(C(C)CC=O)c1OC(C)C. The van der Waals surface area contributed by atoms with E-state index in [9.17, 15) is 9.18 Å². The van der Waals surface area contributed by atoms with Crippen molar-refractivity contribution in [3.05, 3.63) is 23.5 Å². The van der Waals surface area contributed by atoms with Crippen LogP contribution in [0, 0.1) is 5.82 Å². The summed E-state index contributed by atoms with van der Waals surface area (Å²) in [4.78, 5) is 10.6. The maximum atomic E-state index is 13.5. The first kappa shape index (κ1) is 14.5. The Labute approximate surface area is 107 Å². The largest absolute Gasteiger partial charge is 0.493 e. The molecule has 100 valence electrons. The molecule has 0 N–H and O–H groups in total. The minimum absolute atomic E-state index is 0.0495. The molecular formula is C14H19FO3. The van der Waals surface area contributed by atoms with Gasteiger partial charge in [0.25, 0.3) is 0 Å². The Kier molecular flexibility index (Phi) is 5.13. The number of aldehydes is 1. The fourth-order valence-electron chi connectivity index (χ4n) is 1.74. The van der Waals surface area contributed by atoms with E-state index in [0.29, 0.717) is 23.5 Å². The van der Waals surface area contributed by atoms with Gasteiger partial charge in [-0.15, -0.1) is 0 Å². The van der Waals surface area contributed by atoms with Crippen LogP contribution in [0.5, 0.6) is 11.5 Å². The molecular weight excluding hydrogens is 235 g/mol. The van der Waals surface area contributed by atoms with Crippen LogP contribution < -0.4 is 9.47 Å². The highest BCUT2D eigenvalue weighted by atomic mass is 19.1. The minimum atomic E-state index is -0.393. The molecule has 18 heavy (non-hydrogen) atoms. The summed E-state index contributed by atoms with van der Waals surface area (Å²) >= 11 is 0. The molecule has 0 bridgehead atoms. The highest BCUT2D eigenvalue weighted by Crippen LogP contribution is 2.38. The summed E-state index contributed by atoms with van der Waals surface area (Å²) in [5.41, 5.74) is 0.660. The third-order valence-corrected chi connectivity index (χ3v) is 2.60. The molecule has 0 spiro atoms. The number of ether oxygens (including phenoxy) is 2. The van der Waals surface area contributed by atoms with Crippen LogP contribution in [0.2, 0.25) is 0 Å². The van der Waals surface area contributed by atoms with E-state index in [1.807, 2.05) is 20.8 Å². The van der Waals surface area contributed by atoms with Gasteiger partial charge in [-0.3, -0.25) is 0 Å². The van der Waals surface area contributed by atoms with Gasteiger partial charge in [-0.25, -0.2) is 4.39 Å². The van der Waals surface area contributed by atoms with Crippen molar-refractivity contribution < 1.29 is 18.7 Å². The van der Waals surface area contributed by atoms with E-state index in [1.54, 1.807) is 0 Å². The Morgan fingerprint density at radius 2 is 2.00 bits per heavy atom. The maximum Gasteiger partial charge on any atom is 0.165 e. The van der Waals surface area contributed by atoms with Gasteiger partial charge in [0.1, 0.15) is 12.1 Å². The van der Waals surface area contributed by atoms with E-state index < -0.39 is 5.82 Å². The number of hydrogen-bond donors (Lipinski definition) is 0. The lowest BCUT2D eigenvalue weighted by molar-refractivity contribution is -0.108. The molecule has 3 nitrogen and oxygen atoms in total. The molecule has 0 saturated heterocycles. The van der Waals surface area contributed by atoms with Crippen LogP contribution in [-0.4, -0.2) is 19.5 Å². The van der Waals surface area contributed by atoms with Crippen LogP contribution in [0.3, 0.4) is 0 Å². The monoisotopic (exact) mass is 254 g/mol. The van der Waals surface area contributed by atoms with E-state index in [-0.39, 0.29) is 12.0 Å². The van der Waals surface area contributed by atoms with E-state index in [4.69, 9.17) is 9.47 Å². The summed E-state index contributed by atoms with van der Waals surface area (Å²) in [6, 6.07) is 2.68. The predicted octanol–water partition coefficient (Wildman–Crippen LogP) is 3.31. The molecule has 0 heterocycles. The van der Waals surface area contributed by atoms with Crippen LogP contribution in [0.4, 0.5) is 4.39 Å². The molecule has 1 aromatic rings. The minimum Gasteiger partial charge on any atom is -0.493 e. The summed E-state index contributed by atoms with van der Waals surface area (Å²) in [6.07, 6.45) is 1.09. The lowest BCUT2D eigenvalue weighted by Crippen LogP contribution is -2.10. The third-order valence-electron chi connectivity index (χ3n) is 2.60. The first-order valence-corrected chi connectivity index (χ1v) is 5.97. The highest BCUT2D eigenvalue weighted by Gasteiger charge is 2.19. The fraction of sp³-hybridized carbons (Fsp3) is 0.500. The molecule has 1 rings (SSSR count). The van der Waals surface area contributed by atoms with Gasteiger partial charge in [-0.2, -0.15) is 0 Å². The molecule has 0 aliphatic carbocycles. The Morgan fingerprint density at radius 1 is 1.33 bits per heavy atom. The summed E-state index contributed by atoms with van der Waals surface area (Å²) < 4.78 is 24.3. The third kappa shape index (κ3) is 3.45. The zero-order valence-electron chi connectivity index (χ0n) is 11.2. The van der Waals surface area contributed by atoms with Crippen molar-refractivity contribution in [1.29, 1.82) is 0 Å². The van der Waals surface area contributed by atoms with Crippen LogP contribution in [-0.2, 0) is 4.79 Å². The van der Waals surface area contributed by atoms with Gasteiger partial charge in [0.15, 0.2) is 11.5 Å². The Bertz CT molecular complexity index is 416. The van der Waals surface area contributed by atoms with E-state index in [2.05, 4.69) is 0 Å². The molecule has 4 heteroatoms. The van der Waals surface area contributed by atoms with Crippen molar-refractivity contribution in [2.75, 3.05) is 7.11 Å². The molecule has 0 amide bonds. The Balaban J connectivity index is 3.26. The smallest absolute Gasteiger partial charge is 0.165 e. The molecule has 0 aromatic heterocycles. The first-order valence-electron chi connectivity index (χ1n) is 5.97. The second kappa shape index (κ2) is 6.38. The number of benzene rings is 1. The van der Waals surface area contributed by atoms with Crippen molar-refractivity contribution in [2.24, 2.45) is 0 Å². The van der Waals surface area contributed by atoms with E-state index in [1.165, 1.54) is 19.2 Å². The number of methoxy groups -OCH3 is 1. The number of rotatable bonds is 6. The highest BCUT2D eigenvalue weighted by molar-refractivity contribution is 5.55. The van der Waals surface area contributed by atoms with Gasteiger partial charge >= 0.3 is 0 Å². The lowest BCUT2D eigenvalue weighted by atomic mass is 9.97. The maximum absolute atomic E-state index is 13.5. The molecule has 1 atom stereocenters. The molecule has 0 aliphatic rings. The summed E-state index contributed by atoms with van der Waals surface area (Å²) in [5, 5.41) is 0. The quantitative estimate of drug-likeness (QED) is 0.730. The van der Waals surface area contributed by atoms with Gasteiger partial charge in [-0.05, 0) is 25.8 Å². The van der Waals surface area contributed by atoms with Crippen molar-refractivity contribution in [3.8, 4) is 11.5 Å². The van der Waals surface area contributed by atoms with Crippen molar-refractivity contribution in [3.63, 3.8) is 0 Å². The Hall–Kier alpha value is -1.58. The van der Waals surface area contributed by atoms with Crippen LogP contribution >= 0.6 is 0 Å². The normalized spacial score (nSPS) is 12.3. The van der Waals surface area contributed by atoms with Crippen LogP contribution in [0.25, 0.3) is 0 Å². The summed E-state index contributed by atoms with van der Waals surface area (Å²) in [7, 11) is 1.47. The lowest BCUT2D eigenvalue weighted by Gasteiger charge is -2.20. The van der Waals surface area contributed by atoms with E-state index >= 15 is 0 Å². The molecule has 0 radical (unpaired) electrons. The zero-order chi connectivity index (χ0) is 13.7. The van der Waals surface area contributed by atoms with Gasteiger partial charge < -0.3 is 14.3 Å². The second-order valence-corrected chi connectivity index (χ2v) is 4.50. The Morgan fingerprint density at radius 3 is 2.50 bits per heavy atom. The fourth-order valence-corrected chi connectivity index (χ4v) is 1.74. The van der Waals surface area contributed by atoms with Gasteiger partial charge in [0.2, 0.25) is 0 Å². The number of carbonyl (C=O) groups is 1. The van der Waals surface area contributed by atoms with Crippen molar-refractivity contribution >= 4 is 6.29 Å². The van der Waals surface area contributed by atoms with E-state index in [0.717, 1.165) is 6.29 Å². The first-order chi connectivity index (χ1) is 8.49. The number of carbonyl (C=O) groups excluding carboxylic acids is 1. The number of halogens is 1. The molecule has 0 fully saturated rings. The zero-order valence-corrected chi connectivity index (χ0v) is 11.2. The van der Waals surface area contributed by atoms with Gasteiger partial charge in [-0.1, -0.05) is 6.92 Å². The standard InChI is InChI=1S/C14H19FO3/c1-9(2)18-14-12(10(3)5-6-16)7-11(15)8-13(14)17-4/h6-10H,5H2,1-4H3. The average Bonchev–Trinajstić information content (AvgIpc) is 2.30. The average molecular weight is 254 g/mol. The van der Waals surface area contributed by atoms with Gasteiger partial charge in [0.05, 0.1) is 13.2 Å². The van der Waals surface area contributed by atoms with Crippen molar-refractivity contribution in [1.82, 2.24) is 0 Å². The summed E-state index contributed by atoms with van der Waals surface area (Å²) in [6.45, 7) is 5.63. The van der Waals surface area contributed by atoms with Crippen LogP contribution in [0.15, 0.2) is 12.1 Å². The van der Waals surface area contributed by atoms with Crippen molar-refractivity contribution in [2.45, 2.75) is 39.2 Å². The molecule has 0 saturated carbocycles. The second-order valence-electron chi connectivity index (χ2n) is 4.50. The predicted molar refractivity (Wildman–Crippen MR) is 67.8 cm³/mol. The van der Waals surface area contributed by atoms with Crippen LogP contribution in [0.1, 0.15) is 38.7 Å². The summed E-state index contributed by atoms with van der Waals surface area (Å²) in [5.74, 6) is 0.372. The molecule has 1 unspecified atom stereocenters. The molecule has 1 aromatic carbocycles.